The van der Waals surface area contributed by atoms with Crippen LogP contribution in [0.15, 0.2) is 91.3 Å². The fourth-order valence-corrected chi connectivity index (χ4v) is 5.75. The molecule has 2 aromatic heterocycles. The Kier molecular flexibility index (Phi) is 7.01. The van der Waals surface area contributed by atoms with Gasteiger partial charge in [-0.1, -0.05) is 54.6 Å². The summed E-state index contributed by atoms with van der Waals surface area (Å²) in [4.78, 5) is 32.7. The van der Waals surface area contributed by atoms with E-state index in [9.17, 15) is 14.0 Å². The lowest BCUT2D eigenvalue weighted by atomic mass is 9.88. The number of carbonyl (C=O) groups is 2. The fourth-order valence-electron chi connectivity index (χ4n) is 5.75. The van der Waals surface area contributed by atoms with Gasteiger partial charge in [-0.15, -0.1) is 0 Å². The van der Waals surface area contributed by atoms with Gasteiger partial charge in [0, 0.05) is 37.6 Å². The number of hydrogen-bond acceptors (Lipinski definition) is 4. The number of nitrogens with zero attached hydrogens (tertiary/aromatic N) is 3. The van der Waals surface area contributed by atoms with E-state index in [0.29, 0.717) is 36.0 Å². The second kappa shape index (κ2) is 10.8. The zero-order valence-corrected chi connectivity index (χ0v) is 23.0. The Bertz CT molecular complexity index is 1740. The second-order valence-corrected chi connectivity index (χ2v) is 10.6. The van der Waals surface area contributed by atoms with Crippen LogP contribution in [0.3, 0.4) is 0 Å². The first-order chi connectivity index (χ1) is 19.9. The summed E-state index contributed by atoms with van der Waals surface area (Å²) in [6.45, 7) is 2.99. The highest BCUT2D eigenvalue weighted by Crippen LogP contribution is 2.34. The van der Waals surface area contributed by atoms with Gasteiger partial charge in [0.25, 0.3) is 11.8 Å². The lowest BCUT2D eigenvalue weighted by Crippen LogP contribution is -2.39. The smallest absolute Gasteiger partial charge is 0.272 e. The molecule has 7 nitrogen and oxygen atoms in total. The van der Waals surface area contributed by atoms with Crippen LogP contribution >= 0.6 is 0 Å². The number of hydrogen-bond donors (Lipinski definition) is 1. The number of piperidine rings is 1. The second-order valence-electron chi connectivity index (χ2n) is 10.6. The van der Waals surface area contributed by atoms with Crippen LogP contribution in [-0.2, 0) is 15.1 Å². The molecule has 0 unspecified atom stereocenters. The number of anilines is 1. The van der Waals surface area contributed by atoms with Crippen LogP contribution in [0, 0.1) is 5.82 Å². The van der Waals surface area contributed by atoms with Crippen molar-refractivity contribution in [2.24, 2.45) is 0 Å². The molecule has 6 rings (SSSR count). The van der Waals surface area contributed by atoms with Crippen molar-refractivity contribution in [2.75, 3.05) is 25.5 Å². The number of fused-ring (bicyclic) bond motifs is 2. The molecule has 2 amide bonds. The van der Waals surface area contributed by atoms with Crippen molar-refractivity contribution < 1.29 is 18.7 Å². The first-order valence-electron chi connectivity index (χ1n) is 13.7. The van der Waals surface area contributed by atoms with Crippen LogP contribution < -0.4 is 5.32 Å². The van der Waals surface area contributed by atoms with Crippen molar-refractivity contribution in [3.63, 3.8) is 0 Å². The van der Waals surface area contributed by atoms with Gasteiger partial charge in [-0.05, 0) is 66.3 Å². The maximum absolute atomic E-state index is 13.7. The average Bonchev–Trinajstić information content (AvgIpc) is 3.43. The molecule has 0 aliphatic carbocycles. The summed E-state index contributed by atoms with van der Waals surface area (Å²) >= 11 is 0. The summed E-state index contributed by atoms with van der Waals surface area (Å²) in [5, 5.41) is 5.05. The standard InChI is InChI=1S/C33H31FN4O3/c1-33(41-2,28-9-5-7-24-6-3-4-8-27(24)28)32(40)36-26-13-10-22(11-14-26)23-16-18-37(19-17-23)31(39)29-20-35-30-15-12-25(34)21-38(29)30/h3-15,20-21,23H,16-19H2,1-2H3,(H,36,40)/t33-/m0/s1. The molecule has 41 heavy (non-hydrogen) atoms. The molecule has 1 aliphatic rings. The normalized spacial score (nSPS) is 15.6. The van der Waals surface area contributed by atoms with Gasteiger partial charge in [-0.25, -0.2) is 9.37 Å². The molecule has 1 fully saturated rings. The molecule has 0 radical (unpaired) electrons. The van der Waals surface area contributed by atoms with Crippen LogP contribution in [-0.4, -0.2) is 46.3 Å². The van der Waals surface area contributed by atoms with E-state index in [1.165, 1.54) is 22.9 Å². The van der Waals surface area contributed by atoms with Gasteiger partial charge >= 0.3 is 0 Å². The Morgan fingerprint density at radius 1 is 0.976 bits per heavy atom. The maximum atomic E-state index is 13.7. The maximum Gasteiger partial charge on any atom is 0.272 e. The minimum atomic E-state index is -1.18. The van der Waals surface area contributed by atoms with Gasteiger partial charge in [0.1, 0.15) is 17.2 Å². The average molecular weight is 551 g/mol. The summed E-state index contributed by atoms with van der Waals surface area (Å²) in [7, 11) is 1.55. The van der Waals surface area contributed by atoms with Crippen LogP contribution in [0.1, 0.15) is 47.3 Å². The highest BCUT2D eigenvalue weighted by atomic mass is 19.1. The zero-order chi connectivity index (χ0) is 28.6. The Morgan fingerprint density at radius 2 is 1.71 bits per heavy atom. The number of pyridine rings is 1. The molecule has 208 valence electrons. The van der Waals surface area contributed by atoms with E-state index in [-0.39, 0.29) is 11.8 Å². The predicted octanol–water partition coefficient (Wildman–Crippen LogP) is 6.15. The molecule has 0 saturated carbocycles. The van der Waals surface area contributed by atoms with Crippen LogP contribution in [0.5, 0.6) is 0 Å². The Labute approximate surface area is 237 Å². The molecule has 1 aliphatic heterocycles. The first-order valence-corrected chi connectivity index (χ1v) is 13.7. The molecule has 5 aromatic rings. The molecule has 0 spiro atoms. The fraction of sp³-hybridized carbons (Fsp3) is 0.242. The number of benzene rings is 3. The van der Waals surface area contributed by atoms with E-state index in [1.807, 2.05) is 66.7 Å². The number of carbonyl (C=O) groups excluding carboxylic acids is 2. The van der Waals surface area contributed by atoms with Gasteiger partial charge in [0.05, 0.1) is 6.20 Å². The molecular formula is C33H31FN4O3. The molecule has 8 heteroatoms. The van der Waals surface area contributed by atoms with Crippen molar-refractivity contribution in [3.05, 3.63) is 114 Å². The summed E-state index contributed by atoms with van der Waals surface area (Å²) < 4.78 is 21.1. The third kappa shape index (κ3) is 4.95. The number of likely N-dealkylation sites (tertiary alicyclic amines) is 1. The Balaban J connectivity index is 1.11. The van der Waals surface area contributed by atoms with Gasteiger partial charge < -0.3 is 15.0 Å². The third-order valence-corrected chi connectivity index (χ3v) is 8.26. The number of imidazole rings is 1. The minimum absolute atomic E-state index is 0.146. The van der Waals surface area contributed by atoms with Gasteiger partial charge in [0.2, 0.25) is 0 Å². The summed E-state index contributed by atoms with van der Waals surface area (Å²) in [5.74, 6) is -0.512. The zero-order valence-electron chi connectivity index (χ0n) is 23.0. The molecule has 3 heterocycles. The molecular weight excluding hydrogens is 519 g/mol. The van der Waals surface area contributed by atoms with Gasteiger partial charge in [-0.2, -0.15) is 0 Å². The van der Waals surface area contributed by atoms with Crippen molar-refractivity contribution in [1.29, 1.82) is 0 Å². The van der Waals surface area contributed by atoms with Crippen molar-refractivity contribution in [1.82, 2.24) is 14.3 Å². The molecule has 1 atom stereocenters. The van der Waals surface area contributed by atoms with Crippen molar-refractivity contribution in [2.45, 2.75) is 31.3 Å². The van der Waals surface area contributed by atoms with E-state index in [0.717, 1.165) is 34.7 Å². The lowest BCUT2D eigenvalue weighted by molar-refractivity contribution is -0.136. The minimum Gasteiger partial charge on any atom is -0.364 e. The van der Waals surface area contributed by atoms with E-state index >= 15 is 0 Å². The summed E-state index contributed by atoms with van der Waals surface area (Å²) in [6.07, 6.45) is 4.42. The predicted molar refractivity (Wildman–Crippen MR) is 156 cm³/mol. The SMILES string of the molecule is CO[C@](C)(C(=O)Nc1ccc(C2CCN(C(=O)c3cnc4ccc(F)cn34)CC2)cc1)c1cccc2ccccc12. The van der Waals surface area contributed by atoms with Gasteiger partial charge in [-0.3, -0.25) is 14.0 Å². The number of halogens is 1. The van der Waals surface area contributed by atoms with Crippen molar-refractivity contribution in [3.8, 4) is 0 Å². The monoisotopic (exact) mass is 550 g/mol. The molecule has 0 bridgehead atoms. The Hall–Kier alpha value is -4.56. The highest BCUT2D eigenvalue weighted by molar-refractivity contribution is 6.01. The number of ether oxygens (including phenoxy) is 1. The quantitative estimate of drug-likeness (QED) is 0.275. The largest absolute Gasteiger partial charge is 0.364 e. The number of aromatic nitrogens is 2. The number of nitrogens with one attached hydrogen (secondary N) is 1. The van der Waals surface area contributed by atoms with E-state index in [2.05, 4.69) is 10.3 Å². The lowest BCUT2D eigenvalue weighted by Gasteiger charge is -2.32. The van der Waals surface area contributed by atoms with E-state index in [4.69, 9.17) is 4.74 Å². The van der Waals surface area contributed by atoms with Crippen LogP contribution in [0.2, 0.25) is 0 Å². The van der Waals surface area contributed by atoms with Crippen molar-refractivity contribution >= 4 is 33.9 Å². The van der Waals surface area contributed by atoms with E-state index < -0.39 is 11.4 Å². The molecule has 1 saturated heterocycles. The van der Waals surface area contributed by atoms with Crippen LogP contribution in [0.4, 0.5) is 10.1 Å². The number of amides is 2. The highest BCUT2D eigenvalue weighted by Gasteiger charge is 2.37. The summed E-state index contributed by atoms with van der Waals surface area (Å²) in [6, 6.07) is 24.6. The van der Waals surface area contributed by atoms with E-state index in [1.54, 1.807) is 25.0 Å². The molecule has 3 aromatic carbocycles. The number of rotatable bonds is 6. The topological polar surface area (TPSA) is 75.9 Å². The Morgan fingerprint density at radius 3 is 2.46 bits per heavy atom. The summed E-state index contributed by atoms with van der Waals surface area (Å²) in [5.41, 5.74) is 2.39. The van der Waals surface area contributed by atoms with Gasteiger partial charge in [0.15, 0.2) is 5.60 Å². The molecule has 1 N–H and O–H groups in total. The number of methoxy groups -OCH3 is 1. The first kappa shape index (κ1) is 26.7. The third-order valence-electron chi connectivity index (χ3n) is 8.26. The van der Waals surface area contributed by atoms with Crippen LogP contribution in [0.25, 0.3) is 16.4 Å².